The van der Waals surface area contributed by atoms with Gasteiger partial charge < -0.3 is 14.8 Å². The van der Waals surface area contributed by atoms with E-state index in [1.807, 2.05) is 0 Å². The molecule has 0 aromatic rings. The first-order chi connectivity index (χ1) is 8.09. The third kappa shape index (κ3) is 5.36. The number of likely N-dealkylation sites (N-methyl/N-ethyl adjacent to an activating group) is 1. The molecule has 0 spiro atoms. The van der Waals surface area contributed by atoms with Crippen LogP contribution in [-0.2, 0) is 9.47 Å². The van der Waals surface area contributed by atoms with E-state index in [2.05, 4.69) is 26.1 Å². The lowest BCUT2D eigenvalue weighted by atomic mass is 9.93. The Hall–Kier alpha value is -0.120. The summed E-state index contributed by atoms with van der Waals surface area (Å²) >= 11 is 0. The first-order valence-electron chi connectivity index (χ1n) is 6.99. The van der Waals surface area contributed by atoms with E-state index < -0.39 is 0 Å². The van der Waals surface area contributed by atoms with E-state index in [1.165, 1.54) is 19.3 Å². The standard InChI is InChI=1S/C14H29NO2/c1-5-15-12(9-10-14(2,3)16-4)13-8-6-7-11-17-13/h12-13,15H,5-11H2,1-4H3. The lowest BCUT2D eigenvalue weighted by molar-refractivity contribution is -0.0234. The van der Waals surface area contributed by atoms with E-state index in [4.69, 9.17) is 9.47 Å². The summed E-state index contributed by atoms with van der Waals surface area (Å²) in [6, 6.07) is 0.481. The van der Waals surface area contributed by atoms with Crippen molar-refractivity contribution in [2.75, 3.05) is 20.3 Å². The van der Waals surface area contributed by atoms with Crippen molar-refractivity contribution in [1.82, 2.24) is 5.32 Å². The topological polar surface area (TPSA) is 30.5 Å². The van der Waals surface area contributed by atoms with Crippen LogP contribution in [0.1, 0.15) is 52.9 Å². The van der Waals surface area contributed by atoms with Gasteiger partial charge in [0.05, 0.1) is 11.7 Å². The summed E-state index contributed by atoms with van der Waals surface area (Å²) < 4.78 is 11.4. The van der Waals surface area contributed by atoms with Crippen LogP contribution in [0.2, 0.25) is 0 Å². The number of ether oxygens (including phenoxy) is 2. The monoisotopic (exact) mass is 243 g/mol. The summed E-state index contributed by atoms with van der Waals surface area (Å²) in [5, 5.41) is 3.57. The molecule has 1 heterocycles. The molecule has 2 atom stereocenters. The molecule has 3 heteroatoms. The Morgan fingerprint density at radius 1 is 1.41 bits per heavy atom. The van der Waals surface area contributed by atoms with Crippen molar-refractivity contribution in [1.29, 1.82) is 0 Å². The summed E-state index contributed by atoms with van der Waals surface area (Å²) in [6.07, 6.45) is 6.32. The highest BCUT2D eigenvalue weighted by Crippen LogP contribution is 2.22. The molecule has 0 radical (unpaired) electrons. The molecule has 1 aliphatic heterocycles. The molecule has 0 bridgehead atoms. The Morgan fingerprint density at radius 3 is 2.71 bits per heavy atom. The maximum Gasteiger partial charge on any atom is 0.0728 e. The highest BCUT2D eigenvalue weighted by Gasteiger charge is 2.26. The van der Waals surface area contributed by atoms with Gasteiger partial charge >= 0.3 is 0 Å². The van der Waals surface area contributed by atoms with Gasteiger partial charge in [-0.3, -0.25) is 0 Å². The second-order valence-electron chi connectivity index (χ2n) is 5.57. The molecular weight excluding hydrogens is 214 g/mol. The minimum atomic E-state index is -0.0255. The molecule has 1 aliphatic rings. The van der Waals surface area contributed by atoms with Crippen LogP contribution in [0.15, 0.2) is 0 Å². The van der Waals surface area contributed by atoms with Crippen molar-refractivity contribution in [2.24, 2.45) is 0 Å². The maximum atomic E-state index is 5.89. The van der Waals surface area contributed by atoms with Crippen LogP contribution in [0.4, 0.5) is 0 Å². The van der Waals surface area contributed by atoms with E-state index in [0.29, 0.717) is 12.1 Å². The van der Waals surface area contributed by atoms with E-state index in [9.17, 15) is 0 Å². The summed E-state index contributed by atoms with van der Waals surface area (Å²) in [5.74, 6) is 0. The highest BCUT2D eigenvalue weighted by atomic mass is 16.5. The zero-order chi connectivity index (χ0) is 12.7. The van der Waals surface area contributed by atoms with E-state index in [-0.39, 0.29) is 5.60 Å². The van der Waals surface area contributed by atoms with Gasteiger partial charge in [0.1, 0.15) is 0 Å². The molecule has 1 saturated heterocycles. The first-order valence-corrected chi connectivity index (χ1v) is 6.99. The van der Waals surface area contributed by atoms with Gasteiger partial charge in [0.2, 0.25) is 0 Å². The lowest BCUT2D eigenvalue weighted by Crippen LogP contribution is -2.44. The van der Waals surface area contributed by atoms with E-state index >= 15 is 0 Å². The average molecular weight is 243 g/mol. The first kappa shape index (κ1) is 14.9. The number of hydrogen-bond donors (Lipinski definition) is 1. The van der Waals surface area contributed by atoms with Crippen molar-refractivity contribution in [3.63, 3.8) is 0 Å². The predicted octanol–water partition coefficient (Wildman–Crippen LogP) is 2.74. The molecular formula is C14H29NO2. The molecule has 17 heavy (non-hydrogen) atoms. The number of rotatable bonds is 7. The Morgan fingerprint density at radius 2 is 2.18 bits per heavy atom. The maximum absolute atomic E-state index is 5.89. The molecule has 1 fully saturated rings. The largest absolute Gasteiger partial charge is 0.379 e. The number of nitrogens with one attached hydrogen (secondary N) is 1. The van der Waals surface area contributed by atoms with Crippen LogP contribution in [0, 0.1) is 0 Å². The van der Waals surface area contributed by atoms with Crippen molar-refractivity contribution >= 4 is 0 Å². The van der Waals surface area contributed by atoms with Crippen LogP contribution in [0.3, 0.4) is 0 Å². The fourth-order valence-corrected chi connectivity index (χ4v) is 2.37. The Kier molecular flexibility index (Phi) is 6.45. The summed E-state index contributed by atoms with van der Waals surface area (Å²) in [6.45, 7) is 8.41. The second-order valence-corrected chi connectivity index (χ2v) is 5.57. The number of hydrogen-bond acceptors (Lipinski definition) is 3. The van der Waals surface area contributed by atoms with Gasteiger partial charge in [0.25, 0.3) is 0 Å². The molecule has 1 N–H and O–H groups in total. The summed E-state index contributed by atoms with van der Waals surface area (Å²) in [4.78, 5) is 0. The minimum absolute atomic E-state index is 0.0255. The third-order valence-electron chi connectivity index (χ3n) is 3.74. The number of methoxy groups -OCH3 is 1. The SMILES string of the molecule is CCNC(CCC(C)(C)OC)C1CCCCO1. The Labute approximate surface area is 106 Å². The van der Waals surface area contributed by atoms with E-state index in [1.54, 1.807) is 7.11 Å². The van der Waals surface area contributed by atoms with Crippen LogP contribution in [-0.4, -0.2) is 38.0 Å². The zero-order valence-electron chi connectivity index (χ0n) is 11.9. The van der Waals surface area contributed by atoms with Gasteiger partial charge in [-0.2, -0.15) is 0 Å². The second kappa shape index (κ2) is 7.34. The molecule has 102 valence electrons. The van der Waals surface area contributed by atoms with Crippen molar-refractivity contribution in [2.45, 2.75) is 70.6 Å². The van der Waals surface area contributed by atoms with Gasteiger partial charge in [0.15, 0.2) is 0 Å². The van der Waals surface area contributed by atoms with E-state index in [0.717, 1.165) is 26.0 Å². The molecule has 0 aromatic heterocycles. The lowest BCUT2D eigenvalue weighted by Gasteiger charge is -2.33. The predicted molar refractivity (Wildman–Crippen MR) is 71.4 cm³/mol. The normalized spacial score (nSPS) is 23.6. The molecule has 0 saturated carbocycles. The van der Waals surface area contributed by atoms with Crippen molar-refractivity contribution < 1.29 is 9.47 Å². The molecule has 2 unspecified atom stereocenters. The van der Waals surface area contributed by atoms with Gasteiger partial charge in [-0.05, 0) is 52.5 Å². The smallest absolute Gasteiger partial charge is 0.0728 e. The Balaban J connectivity index is 2.41. The average Bonchev–Trinajstić information content (AvgIpc) is 2.35. The fraction of sp³-hybridized carbons (Fsp3) is 1.00. The summed E-state index contributed by atoms with van der Waals surface area (Å²) in [5.41, 5.74) is -0.0255. The summed E-state index contributed by atoms with van der Waals surface area (Å²) in [7, 11) is 1.79. The van der Waals surface area contributed by atoms with Gasteiger partial charge in [-0.15, -0.1) is 0 Å². The van der Waals surface area contributed by atoms with Crippen molar-refractivity contribution in [3.8, 4) is 0 Å². The van der Waals surface area contributed by atoms with Crippen LogP contribution in [0.5, 0.6) is 0 Å². The molecule has 0 aromatic carbocycles. The third-order valence-corrected chi connectivity index (χ3v) is 3.74. The van der Waals surface area contributed by atoms with Crippen LogP contribution >= 0.6 is 0 Å². The van der Waals surface area contributed by atoms with Gasteiger partial charge in [-0.25, -0.2) is 0 Å². The molecule has 3 nitrogen and oxygen atoms in total. The highest BCUT2D eigenvalue weighted by molar-refractivity contribution is 4.82. The fourth-order valence-electron chi connectivity index (χ4n) is 2.37. The van der Waals surface area contributed by atoms with Gasteiger partial charge in [-0.1, -0.05) is 6.92 Å². The minimum Gasteiger partial charge on any atom is -0.379 e. The molecule has 1 rings (SSSR count). The van der Waals surface area contributed by atoms with Crippen molar-refractivity contribution in [3.05, 3.63) is 0 Å². The van der Waals surface area contributed by atoms with Crippen LogP contribution in [0.25, 0.3) is 0 Å². The van der Waals surface area contributed by atoms with Gasteiger partial charge in [0, 0.05) is 19.8 Å². The Bertz CT molecular complexity index is 200. The molecule has 0 aliphatic carbocycles. The molecule has 0 amide bonds. The zero-order valence-corrected chi connectivity index (χ0v) is 11.9. The van der Waals surface area contributed by atoms with Crippen LogP contribution < -0.4 is 5.32 Å². The quantitative estimate of drug-likeness (QED) is 0.746.